The fourth-order valence-corrected chi connectivity index (χ4v) is 1.42. The highest BCUT2D eigenvalue weighted by molar-refractivity contribution is 6.44. The van der Waals surface area contributed by atoms with Crippen molar-refractivity contribution < 1.29 is 19.1 Å². The molecule has 6 heteroatoms. The largest absolute Gasteiger partial charge is 0.462 e. The van der Waals surface area contributed by atoms with Crippen LogP contribution in [0.25, 0.3) is 0 Å². The zero-order chi connectivity index (χ0) is 15.1. The molecule has 0 aliphatic heterocycles. The van der Waals surface area contributed by atoms with Gasteiger partial charge in [-0.1, -0.05) is 13.8 Å². The van der Waals surface area contributed by atoms with Gasteiger partial charge in [0, 0.05) is 0 Å². The highest BCUT2D eigenvalue weighted by Gasteiger charge is 2.12. The van der Waals surface area contributed by atoms with E-state index >= 15 is 0 Å². The van der Waals surface area contributed by atoms with Gasteiger partial charge in [-0.25, -0.2) is 9.59 Å². The summed E-state index contributed by atoms with van der Waals surface area (Å²) in [4.78, 5) is 22.5. The number of ether oxygens (including phenoxy) is 2. The molecule has 0 radical (unpaired) electrons. The van der Waals surface area contributed by atoms with E-state index in [2.05, 4.69) is 0 Å². The number of carbonyl (C=O) groups excluding carboxylic acids is 2. The van der Waals surface area contributed by atoms with E-state index in [0.717, 1.165) is 0 Å². The number of halogens is 2. The fourth-order valence-electron chi connectivity index (χ4n) is 1.29. The highest BCUT2D eigenvalue weighted by Crippen LogP contribution is 2.10. The molecule has 0 saturated carbocycles. The van der Waals surface area contributed by atoms with E-state index < -0.39 is 16.8 Å². The van der Waals surface area contributed by atoms with Crippen LogP contribution in [0.1, 0.15) is 34.6 Å². The molecule has 0 bridgehead atoms. The van der Waals surface area contributed by atoms with Gasteiger partial charge in [-0.2, -0.15) is 0 Å². The van der Waals surface area contributed by atoms with Crippen LogP contribution >= 0.6 is 23.2 Å². The van der Waals surface area contributed by atoms with Gasteiger partial charge >= 0.3 is 11.9 Å². The molecule has 1 aromatic rings. The van der Waals surface area contributed by atoms with Crippen LogP contribution in [-0.4, -0.2) is 30.0 Å². The Balaban J connectivity index is 2.59. The van der Waals surface area contributed by atoms with Gasteiger partial charge in [0.1, 0.15) is 11.4 Å². The second-order valence-corrected chi connectivity index (χ2v) is 5.84. The molecule has 0 amide bonds. The lowest BCUT2D eigenvalue weighted by atomic mass is 10.1. The lowest BCUT2D eigenvalue weighted by Crippen LogP contribution is -2.12. The molecule has 20 heavy (non-hydrogen) atoms. The van der Waals surface area contributed by atoms with Crippen LogP contribution < -0.4 is 0 Å². The number of hydrogen-bond donors (Lipinski definition) is 0. The third-order valence-electron chi connectivity index (χ3n) is 2.24. The van der Waals surface area contributed by atoms with Crippen LogP contribution in [0.4, 0.5) is 0 Å². The molecule has 0 N–H and O–H groups in total. The smallest absolute Gasteiger partial charge is 0.338 e. The maximum atomic E-state index is 11.7. The minimum absolute atomic E-state index is 0.0832. The Morgan fingerprint density at radius 2 is 1.35 bits per heavy atom. The van der Waals surface area contributed by atoms with Crippen molar-refractivity contribution in [2.24, 2.45) is 5.92 Å². The fraction of sp³-hybridized carbons (Fsp3) is 0.429. The molecule has 0 spiro atoms. The summed E-state index contributed by atoms with van der Waals surface area (Å²) in [7, 11) is 0. The zero-order valence-corrected chi connectivity index (χ0v) is 12.8. The molecule has 0 aliphatic carbocycles. The van der Waals surface area contributed by atoms with Gasteiger partial charge in [-0.05, 0) is 30.2 Å². The van der Waals surface area contributed by atoms with E-state index in [1.165, 1.54) is 24.3 Å². The van der Waals surface area contributed by atoms with Crippen LogP contribution in [0.2, 0.25) is 0 Å². The lowest BCUT2D eigenvalue weighted by Gasteiger charge is -2.08. The average Bonchev–Trinajstić information content (AvgIpc) is 2.42. The van der Waals surface area contributed by atoms with Gasteiger partial charge in [-0.3, -0.25) is 0 Å². The minimum Gasteiger partial charge on any atom is -0.462 e. The van der Waals surface area contributed by atoms with Crippen LogP contribution in [0.3, 0.4) is 0 Å². The first-order chi connectivity index (χ1) is 9.40. The number of hydrogen-bond acceptors (Lipinski definition) is 4. The first kappa shape index (κ1) is 16.8. The molecule has 1 aromatic carbocycles. The van der Waals surface area contributed by atoms with Gasteiger partial charge in [0.25, 0.3) is 0 Å². The van der Waals surface area contributed by atoms with Crippen LogP contribution in [0.15, 0.2) is 24.3 Å². The Morgan fingerprint density at radius 3 is 1.70 bits per heavy atom. The SMILES string of the molecule is CC(C)COC(=O)c1ccc(C(=O)OCC(Cl)Cl)cc1. The maximum Gasteiger partial charge on any atom is 0.338 e. The predicted molar refractivity (Wildman–Crippen MR) is 77.3 cm³/mol. The quantitative estimate of drug-likeness (QED) is 0.595. The first-order valence-corrected chi connectivity index (χ1v) is 7.00. The summed E-state index contributed by atoms with van der Waals surface area (Å²) in [6, 6.07) is 6.01. The normalized spacial score (nSPS) is 10.7. The van der Waals surface area contributed by atoms with Crippen molar-refractivity contribution in [1.82, 2.24) is 0 Å². The van der Waals surface area contributed by atoms with Crippen molar-refractivity contribution in [2.75, 3.05) is 13.2 Å². The Morgan fingerprint density at radius 1 is 0.950 bits per heavy atom. The Bertz CT molecular complexity index is 412. The zero-order valence-electron chi connectivity index (χ0n) is 11.3. The van der Waals surface area contributed by atoms with E-state index in [0.29, 0.717) is 17.7 Å². The van der Waals surface area contributed by atoms with Gasteiger partial charge in [0.05, 0.1) is 17.7 Å². The molecular formula is C14H16Cl2O4. The molecule has 0 unspecified atom stereocenters. The molecular weight excluding hydrogens is 303 g/mol. The molecule has 110 valence electrons. The highest BCUT2D eigenvalue weighted by atomic mass is 35.5. The summed E-state index contributed by atoms with van der Waals surface area (Å²) in [5.41, 5.74) is 0.703. The summed E-state index contributed by atoms with van der Waals surface area (Å²) < 4.78 is 9.93. The van der Waals surface area contributed by atoms with Crippen LogP contribution in [0, 0.1) is 5.92 Å². The summed E-state index contributed by atoms with van der Waals surface area (Å²) in [6.45, 7) is 4.18. The molecule has 0 aromatic heterocycles. The summed E-state index contributed by atoms with van der Waals surface area (Å²) >= 11 is 10.9. The number of benzene rings is 1. The van der Waals surface area contributed by atoms with Gasteiger partial charge < -0.3 is 9.47 Å². The lowest BCUT2D eigenvalue weighted by molar-refractivity contribution is 0.0456. The van der Waals surface area contributed by atoms with Crippen molar-refractivity contribution in [2.45, 2.75) is 18.7 Å². The van der Waals surface area contributed by atoms with E-state index in [1.54, 1.807) is 0 Å². The van der Waals surface area contributed by atoms with Crippen molar-refractivity contribution in [3.8, 4) is 0 Å². The summed E-state index contributed by atoms with van der Waals surface area (Å²) in [5, 5.41) is 0. The Hall–Kier alpha value is -1.26. The standard InChI is InChI=1S/C14H16Cl2O4/c1-9(2)7-19-13(17)10-3-5-11(6-4-10)14(18)20-8-12(15)16/h3-6,9,12H,7-8H2,1-2H3. The van der Waals surface area contributed by atoms with E-state index in [-0.39, 0.29) is 12.5 Å². The number of carbonyl (C=O) groups is 2. The van der Waals surface area contributed by atoms with Gasteiger partial charge in [-0.15, -0.1) is 23.2 Å². The molecule has 0 heterocycles. The molecule has 1 rings (SSSR count). The Labute approximate surface area is 128 Å². The van der Waals surface area contributed by atoms with Crippen molar-refractivity contribution >= 4 is 35.1 Å². The molecule has 0 fully saturated rings. The topological polar surface area (TPSA) is 52.6 Å². The van der Waals surface area contributed by atoms with Crippen molar-refractivity contribution in [1.29, 1.82) is 0 Å². The summed E-state index contributed by atoms with van der Waals surface area (Å²) in [6.07, 6.45) is 0. The van der Waals surface area contributed by atoms with E-state index in [1.807, 2.05) is 13.8 Å². The third-order valence-corrected chi connectivity index (χ3v) is 2.50. The monoisotopic (exact) mass is 318 g/mol. The van der Waals surface area contributed by atoms with Crippen molar-refractivity contribution in [3.05, 3.63) is 35.4 Å². The van der Waals surface area contributed by atoms with Gasteiger partial charge in [0.15, 0.2) is 0 Å². The molecule has 0 atom stereocenters. The van der Waals surface area contributed by atoms with Crippen molar-refractivity contribution in [3.63, 3.8) is 0 Å². The van der Waals surface area contributed by atoms with Crippen LogP contribution in [0.5, 0.6) is 0 Å². The third kappa shape index (κ3) is 5.80. The van der Waals surface area contributed by atoms with E-state index in [9.17, 15) is 9.59 Å². The maximum absolute atomic E-state index is 11.7. The molecule has 0 saturated heterocycles. The number of rotatable bonds is 6. The predicted octanol–water partition coefficient (Wildman–Crippen LogP) is 3.46. The minimum atomic E-state index is -0.760. The Kier molecular flexibility index (Phi) is 6.82. The second kappa shape index (κ2) is 8.12. The van der Waals surface area contributed by atoms with Gasteiger partial charge in [0.2, 0.25) is 0 Å². The molecule has 4 nitrogen and oxygen atoms in total. The second-order valence-electron chi connectivity index (χ2n) is 4.56. The summed E-state index contributed by atoms with van der Waals surface area (Å²) in [5.74, 6) is -0.689. The number of esters is 2. The number of alkyl halides is 2. The molecule has 0 aliphatic rings. The van der Waals surface area contributed by atoms with E-state index in [4.69, 9.17) is 32.7 Å². The average molecular weight is 319 g/mol. The first-order valence-electron chi connectivity index (χ1n) is 6.12. The van der Waals surface area contributed by atoms with Crippen LogP contribution in [-0.2, 0) is 9.47 Å².